The first-order valence-corrected chi connectivity index (χ1v) is 5.73. The summed E-state index contributed by atoms with van der Waals surface area (Å²) in [6.07, 6.45) is 1.01. The number of carbonyl (C=O) groups is 1. The highest BCUT2D eigenvalue weighted by Gasteiger charge is 2.18. The molecular formula is C13H20N2O2. The van der Waals surface area contributed by atoms with Crippen LogP contribution in [-0.4, -0.2) is 17.6 Å². The molecule has 0 atom stereocenters. The van der Waals surface area contributed by atoms with Crippen LogP contribution < -0.4 is 11.1 Å². The summed E-state index contributed by atoms with van der Waals surface area (Å²) in [5, 5.41) is 12.2. The van der Waals surface area contributed by atoms with Gasteiger partial charge < -0.3 is 16.2 Å². The van der Waals surface area contributed by atoms with E-state index in [1.54, 1.807) is 18.2 Å². The lowest BCUT2D eigenvalue weighted by molar-refractivity contribution is 0.0698. The van der Waals surface area contributed by atoms with Crippen LogP contribution >= 0.6 is 0 Å². The van der Waals surface area contributed by atoms with Crippen LogP contribution in [0.3, 0.4) is 0 Å². The van der Waals surface area contributed by atoms with Gasteiger partial charge in [-0.25, -0.2) is 4.79 Å². The van der Waals surface area contributed by atoms with Gasteiger partial charge in [0.15, 0.2) is 0 Å². The maximum atomic E-state index is 11.1. The molecule has 0 saturated carbocycles. The van der Waals surface area contributed by atoms with Crippen LogP contribution in [0.1, 0.15) is 37.6 Å². The average molecular weight is 236 g/mol. The molecule has 4 nitrogen and oxygen atoms in total. The molecule has 4 N–H and O–H groups in total. The van der Waals surface area contributed by atoms with Crippen LogP contribution in [0, 0.1) is 5.41 Å². The van der Waals surface area contributed by atoms with Crippen LogP contribution in [0.25, 0.3) is 0 Å². The normalized spacial score (nSPS) is 11.2. The summed E-state index contributed by atoms with van der Waals surface area (Å²) in [4.78, 5) is 11.1. The van der Waals surface area contributed by atoms with Crippen molar-refractivity contribution >= 4 is 17.3 Å². The molecule has 4 heteroatoms. The lowest BCUT2D eigenvalue weighted by Crippen LogP contribution is -2.23. The Morgan fingerprint density at radius 1 is 1.47 bits per heavy atom. The number of rotatable bonds is 5. The minimum absolute atomic E-state index is 0.109. The summed E-state index contributed by atoms with van der Waals surface area (Å²) in [6.45, 7) is 7.05. The smallest absolute Gasteiger partial charge is 0.337 e. The van der Waals surface area contributed by atoms with Crippen molar-refractivity contribution in [1.82, 2.24) is 0 Å². The van der Waals surface area contributed by atoms with Gasteiger partial charge >= 0.3 is 5.97 Å². The van der Waals surface area contributed by atoms with Crippen LogP contribution in [0.2, 0.25) is 0 Å². The fourth-order valence-corrected chi connectivity index (χ4v) is 1.40. The Bertz CT molecular complexity index is 414. The Morgan fingerprint density at radius 3 is 2.65 bits per heavy atom. The summed E-state index contributed by atoms with van der Waals surface area (Å²) in [5.41, 5.74) is 7.12. The number of hydrogen-bond acceptors (Lipinski definition) is 3. The van der Waals surface area contributed by atoms with Crippen molar-refractivity contribution in [3.05, 3.63) is 23.8 Å². The van der Waals surface area contributed by atoms with E-state index in [0.717, 1.165) is 6.42 Å². The summed E-state index contributed by atoms with van der Waals surface area (Å²) >= 11 is 0. The third kappa shape index (κ3) is 3.37. The van der Waals surface area contributed by atoms with Crippen LogP contribution in [-0.2, 0) is 0 Å². The molecule has 0 heterocycles. The fraction of sp³-hybridized carbons (Fsp3) is 0.462. The van der Waals surface area contributed by atoms with Gasteiger partial charge in [-0.2, -0.15) is 0 Å². The fourth-order valence-electron chi connectivity index (χ4n) is 1.40. The van der Waals surface area contributed by atoms with Crippen LogP contribution in [0.4, 0.5) is 11.4 Å². The number of nitrogens with two attached hydrogens (primary N) is 1. The number of para-hydroxylation sites is 1. The molecule has 0 unspecified atom stereocenters. The zero-order valence-corrected chi connectivity index (χ0v) is 10.6. The summed E-state index contributed by atoms with van der Waals surface area (Å²) in [5.74, 6) is -0.964. The van der Waals surface area contributed by atoms with Crippen molar-refractivity contribution in [2.75, 3.05) is 17.6 Å². The second-order valence-corrected chi connectivity index (χ2v) is 4.95. The molecule has 0 fully saturated rings. The SMILES string of the molecule is CCC(C)(C)CNc1c(N)cccc1C(=O)O. The molecule has 0 amide bonds. The zero-order chi connectivity index (χ0) is 13.1. The maximum absolute atomic E-state index is 11.1. The van der Waals surface area contributed by atoms with E-state index < -0.39 is 5.97 Å². The van der Waals surface area contributed by atoms with Gasteiger partial charge in [-0.15, -0.1) is 0 Å². The highest BCUT2D eigenvalue weighted by Crippen LogP contribution is 2.26. The van der Waals surface area contributed by atoms with E-state index in [1.165, 1.54) is 0 Å². The van der Waals surface area contributed by atoms with Crippen molar-refractivity contribution < 1.29 is 9.90 Å². The predicted molar refractivity (Wildman–Crippen MR) is 70.4 cm³/mol. The van der Waals surface area contributed by atoms with Crippen molar-refractivity contribution in [3.8, 4) is 0 Å². The van der Waals surface area contributed by atoms with Gasteiger partial charge in [0.1, 0.15) is 0 Å². The highest BCUT2D eigenvalue weighted by molar-refractivity contribution is 5.97. The van der Waals surface area contributed by atoms with E-state index >= 15 is 0 Å². The predicted octanol–water partition coefficient (Wildman–Crippen LogP) is 2.82. The standard InChI is InChI=1S/C13H20N2O2/c1-4-13(2,3)8-15-11-9(12(16)17)6-5-7-10(11)14/h5-7,15H,4,8,14H2,1-3H3,(H,16,17). The first kappa shape index (κ1) is 13.4. The first-order chi connectivity index (χ1) is 7.87. The zero-order valence-electron chi connectivity index (χ0n) is 10.6. The van der Waals surface area contributed by atoms with E-state index in [-0.39, 0.29) is 11.0 Å². The quantitative estimate of drug-likeness (QED) is 0.687. The number of benzene rings is 1. The van der Waals surface area contributed by atoms with E-state index in [0.29, 0.717) is 17.9 Å². The largest absolute Gasteiger partial charge is 0.478 e. The van der Waals surface area contributed by atoms with Gasteiger partial charge in [0.05, 0.1) is 16.9 Å². The minimum atomic E-state index is -0.964. The lowest BCUT2D eigenvalue weighted by Gasteiger charge is -2.24. The molecule has 0 aliphatic carbocycles. The lowest BCUT2D eigenvalue weighted by atomic mass is 9.90. The average Bonchev–Trinajstić information content (AvgIpc) is 2.27. The number of anilines is 2. The molecule has 0 aromatic heterocycles. The molecule has 94 valence electrons. The molecular weight excluding hydrogens is 216 g/mol. The van der Waals surface area contributed by atoms with Crippen molar-refractivity contribution in [2.45, 2.75) is 27.2 Å². The van der Waals surface area contributed by atoms with Gasteiger partial charge in [-0.05, 0) is 24.0 Å². The number of aromatic carboxylic acids is 1. The van der Waals surface area contributed by atoms with Crippen molar-refractivity contribution in [3.63, 3.8) is 0 Å². The summed E-state index contributed by atoms with van der Waals surface area (Å²) in [6, 6.07) is 4.91. The monoisotopic (exact) mass is 236 g/mol. The molecule has 0 bridgehead atoms. The summed E-state index contributed by atoms with van der Waals surface area (Å²) in [7, 11) is 0. The van der Waals surface area contributed by atoms with Crippen molar-refractivity contribution in [1.29, 1.82) is 0 Å². The number of carboxylic acids is 1. The Hall–Kier alpha value is -1.71. The Morgan fingerprint density at radius 2 is 2.12 bits per heavy atom. The number of nitrogen functional groups attached to an aromatic ring is 1. The third-order valence-corrected chi connectivity index (χ3v) is 3.03. The minimum Gasteiger partial charge on any atom is -0.478 e. The Labute approximate surface area is 102 Å². The second kappa shape index (κ2) is 5.08. The molecule has 17 heavy (non-hydrogen) atoms. The molecule has 1 aromatic rings. The molecule has 0 radical (unpaired) electrons. The third-order valence-electron chi connectivity index (χ3n) is 3.03. The number of nitrogens with one attached hydrogen (secondary N) is 1. The molecule has 0 saturated heterocycles. The van der Waals surface area contributed by atoms with Gasteiger partial charge in [0.25, 0.3) is 0 Å². The molecule has 0 spiro atoms. The van der Waals surface area contributed by atoms with E-state index in [9.17, 15) is 4.79 Å². The molecule has 0 aliphatic rings. The molecule has 1 aromatic carbocycles. The van der Waals surface area contributed by atoms with Gasteiger partial charge in [0.2, 0.25) is 0 Å². The molecule has 0 aliphatic heterocycles. The van der Waals surface area contributed by atoms with Gasteiger partial charge in [-0.1, -0.05) is 26.8 Å². The maximum Gasteiger partial charge on any atom is 0.337 e. The first-order valence-electron chi connectivity index (χ1n) is 5.73. The van der Waals surface area contributed by atoms with E-state index in [4.69, 9.17) is 10.8 Å². The van der Waals surface area contributed by atoms with Gasteiger partial charge in [0, 0.05) is 6.54 Å². The van der Waals surface area contributed by atoms with Crippen molar-refractivity contribution in [2.24, 2.45) is 5.41 Å². The summed E-state index contributed by atoms with van der Waals surface area (Å²) < 4.78 is 0. The topological polar surface area (TPSA) is 75.3 Å². The number of hydrogen-bond donors (Lipinski definition) is 3. The van der Waals surface area contributed by atoms with Crippen LogP contribution in [0.15, 0.2) is 18.2 Å². The van der Waals surface area contributed by atoms with Crippen LogP contribution in [0.5, 0.6) is 0 Å². The van der Waals surface area contributed by atoms with Gasteiger partial charge in [-0.3, -0.25) is 0 Å². The Kier molecular flexibility index (Phi) is 3.99. The highest BCUT2D eigenvalue weighted by atomic mass is 16.4. The second-order valence-electron chi connectivity index (χ2n) is 4.95. The number of carboxylic acid groups (broad SMARTS) is 1. The van der Waals surface area contributed by atoms with E-state index in [1.807, 2.05) is 0 Å². The molecule has 1 rings (SSSR count). The van der Waals surface area contributed by atoms with E-state index in [2.05, 4.69) is 26.1 Å². The Balaban J connectivity index is 2.94.